The number of nitrogen functional groups attached to an aromatic ring is 1. The number of ether oxygens (including phenoxy) is 1. The molecule has 4 rings (SSSR count). The molecule has 188 valence electrons. The van der Waals surface area contributed by atoms with Gasteiger partial charge in [0.15, 0.2) is 11.5 Å². The summed E-state index contributed by atoms with van der Waals surface area (Å²) < 4.78 is 6.16. The zero-order valence-electron chi connectivity index (χ0n) is 21.0. The van der Waals surface area contributed by atoms with E-state index < -0.39 is 11.2 Å². The van der Waals surface area contributed by atoms with E-state index in [-0.39, 0.29) is 5.91 Å². The van der Waals surface area contributed by atoms with Gasteiger partial charge >= 0.3 is 0 Å². The maximum absolute atomic E-state index is 11.9. The minimum Gasteiger partial charge on any atom is -0.463 e. The van der Waals surface area contributed by atoms with Crippen molar-refractivity contribution in [1.29, 1.82) is 0 Å². The highest BCUT2D eigenvalue weighted by molar-refractivity contribution is 6.32. The van der Waals surface area contributed by atoms with Crippen LogP contribution < -0.4 is 15.8 Å². The summed E-state index contributed by atoms with van der Waals surface area (Å²) in [5.74, 6) is 1.66. The first-order valence-corrected chi connectivity index (χ1v) is 12.5. The number of amides is 1. The number of fused-ring (bicyclic) bond motifs is 1. The van der Waals surface area contributed by atoms with E-state index >= 15 is 0 Å². The molecule has 4 N–H and O–H groups in total. The number of nitrogens with zero attached hydrogens (tertiary/aromatic N) is 3. The molecule has 8 nitrogen and oxygen atoms in total. The Morgan fingerprint density at radius 2 is 1.94 bits per heavy atom. The van der Waals surface area contributed by atoms with Gasteiger partial charge in [0.2, 0.25) is 5.88 Å². The number of carbonyl (C=O) groups is 1. The molecule has 0 bridgehead atoms. The fourth-order valence-electron chi connectivity index (χ4n) is 4.82. The summed E-state index contributed by atoms with van der Waals surface area (Å²) in [5, 5.41) is 13.4. The molecule has 1 amide bonds. The predicted octanol–water partition coefficient (Wildman–Crippen LogP) is 4.47. The molecule has 35 heavy (non-hydrogen) atoms. The Morgan fingerprint density at radius 1 is 1.26 bits per heavy atom. The average Bonchev–Trinajstić information content (AvgIpc) is 2.76. The molecule has 1 aliphatic carbocycles. The third-order valence-electron chi connectivity index (χ3n) is 6.80. The van der Waals surface area contributed by atoms with Gasteiger partial charge < -0.3 is 20.9 Å². The fraction of sp³-hybridized carbons (Fsp3) is 0.538. The lowest BCUT2D eigenvalue weighted by molar-refractivity contribution is -0.136. The molecule has 0 radical (unpaired) electrons. The van der Waals surface area contributed by atoms with Crippen molar-refractivity contribution < 1.29 is 14.6 Å². The van der Waals surface area contributed by atoms with Gasteiger partial charge in [0.1, 0.15) is 17.0 Å². The number of aryl methyl sites for hydroxylation is 1. The van der Waals surface area contributed by atoms with E-state index in [1.54, 1.807) is 6.92 Å². The second kappa shape index (κ2) is 9.39. The van der Waals surface area contributed by atoms with Gasteiger partial charge in [-0.3, -0.25) is 4.79 Å². The molecular formula is C26H34ClN5O3. The van der Waals surface area contributed by atoms with E-state index in [0.29, 0.717) is 46.6 Å². The highest BCUT2D eigenvalue weighted by Crippen LogP contribution is 2.42. The number of nitrogens with one attached hydrogen (secondary N) is 1. The summed E-state index contributed by atoms with van der Waals surface area (Å²) in [4.78, 5) is 25.3. The number of carbonyl (C=O) groups excluding carboxylic acids is 1. The SMILES string of the molecule is Cc1nc(N)c2c(n1)OC(C)(C)C(c1ccc(C3CCC(CNC(=O)C(C)(C)O)CC3)c(Cl)c1)=N2. The van der Waals surface area contributed by atoms with Crippen LogP contribution in [0, 0.1) is 12.8 Å². The van der Waals surface area contributed by atoms with Crippen molar-refractivity contribution in [2.24, 2.45) is 10.9 Å². The summed E-state index contributed by atoms with van der Waals surface area (Å²) >= 11 is 6.79. The van der Waals surface area contributed by atoms with E-state index in [9.17, 15) is 9.90 Å². The number of aliphatic imine (C=N–C) groups is 1. The van der Waals surface area contributed by atoms with Crippen LogP contribution in [-0.2, 0) is 4.79 Å². The van der Waals surface area contributed by atoms with Crippen LogP contribution in [0.5, 0.6) is 5.88 Å². The third kappa shape index (κ3) is 5.43. The lowest BCUT2D eigenvalue weighted by Crippen LogP contribution is -2.44. The van der Waals surface area contributed by atoms with Crippen LogP contribution >= 0.6 is 11.6 Å². The second-order valence-electron chi connectivity index (χ2n) is 10.6. The highest BCUT2D eigenvalue weighted by Gasteiger charge is 2.36. The summed E-state index contributed by atoms with van der Waals surface area (Å²) in [6, 6.07) is 6.07. The number of aromatic nitrogens is 2. The Morgan fingerprint density at radius 3 is 2.57 bits per heavy atom. The predicted molar refractivity (Wildman–Crippen MR) is 138 cm³/mol. The van der Waals surface area contributed by atoms with E-state index in [0.717, 1.165) is 42.5 Å². The molecule has 2 aromatic rings. The number of nitrogens with two attached hydrogens (primary N) is 1. The van der Waals surface area contributed by atoms with Gasteiger partial charge in [-0.1, -0.05) is 23.7 Å². The zero-order valence-corrected chi connectivity index (χ0v) is 21.7. The van der Waals surface area contributed by atoms with Gasteiger partial charge in [-0.25, -0.2) is 9.98 Å². The van der Waals surface area contributed by atoms with E-state index in [2.05, 4.69) is 21.4 Å². The van der Waals surface area contributed by atoms with Crippen molar-refractivity contribution in [2.45, 2.75) is 77.4 Å². The molecule has 1 aromatic heterocycles. The molecule has 0 spiro atoms. The summed E-state index contributed by atoms with van der Waals surface area (Å²) in [6.45, 7) is 9.25. The van der Waals surface area contributed by atoms with Crippen LogP contribution in [0.4, 0.5) is 11.5 Å². The maximum atomic E-state index is 11.9. The van der Waals surface area contributed by atoms with E-state index in [1.807, 2.05) is 26.0 Å². The van der Waals surface area contributed by atoms with Gasteiger partial charge in [-0.15, -0.1) is 0 Å². The number of halogens is 1. The maximum Gasteiger partial charge on any atom is 0.251 e. The van der Waals surface area contributed by atoms with Crippen molar-refractivity contribution in [3.05, 3.63) is 40.2 Å². The number of anilines is 1. The number of hydrogen-bond acceptors (Lipinski definition) is 7. The van der Waals surface area contributed by atoms with Gasteiger partial charge in [0.05, 0.1) is 5.71 Å². The van der Waals surface area contributed by atoms with Crippen molar-refractivity contribution >= 4 is 34.7 Å². The summed E-state index contributed by atoms with van der Waals surface area (Å²) in [6.07, 6.45) is 3.99. The van der Waals surface area contributed by atoms with E-state index in [4.69, 9.17) is 27.1 Å². The van der Waals surface area contributed by atoms with Crippen molar-refractivity contribution in [2.75, 3.05) is 12.3 Å². The number of rotatable bonds is 5. The average molecular weight is 500 g/mol. The minimum atomic E-state index is -1.35. The van der Waals surface area contributed by atoms with Crippen molar-refractivity contribution in [3.63, 3.8) is 0 Å². The molecule has 9 heteroatoms. The largest absolute Gasteiger partial charge is 0.463 e. The summed E-state index contributed by atoms with van der Waals surface area (Å²) in [5.41, 5.74) is 7.20. The molecule has 0 atom stereocenters. The van der Waals surface area contributed by atoms with Crippen LogP contribution in [-0.4, -0.2) is 44.4 Å². The monoisotopic (exact) mass is 499 g/mol. The van der Waals surface area contributed by atoms with Gasteiger partial charge in [-0.2, -0.15) is 4.98 Å². The second-order valence-corrected chi connectivity index (χ2v) is 11.0. The van der Waals surface area contributed by atoms with Crippen LogP contribution in [0.3, 0.4) is 0 Å². The number of benzene rings is 1. The Kier molecular flexibility index (Phi) is 6.81. The topological polar surface area (TPSA) is 123 Å². The molecule has 1 aromatic carbocycles. The smallest absolute Gasteiger partial charge is 0.251 e. The van der Waals surface area contributed by atoms with E-state index in [1.165, 1.54) is 13.8 Å². The first-order chi connectivity index (χ1) is 16.3. The molecule has 0 saturated heterocycles. The lowest BCUT2D eigenvalue weighted by atomic mass is 9.78. The Hall–Kier alpha value is -2.71. The molecule has 1 saturated carbocycles. The number of hydrogen-bond donors (Lipinski definition) is 3. The van der Waals surface area contributed by atoms with Gasteiger partial charge in [-0.05, 0) is 83.8 Å². The first kappa shape index (κ1) is 25.4. The summed E-state index contributed by atoms with van der Waals surface area (Å²) in [7, 11) is 0. The standard InChI is InChI=1S/C26H34ClN5O3/c1-14-30-22(28)20-23(31-14)35-26(4,5)21(32-20)17-10-11-18(19(27)12-17)16-8-6-15(7-9-16)13-29-24(33)25(2,3)34/h10-12,15-16,34H,6-9,13H2,1-5H3,(H,29,33)(H2,28,30,31). The minimum absolute atomic E-state index is 0.290. The Bertz CT molecular complexity index is 1160. The normalized spacial score (nSPS) is 21.5. The number of aliphatic hydroxyl groups is 1. The Balaban J connectivity index is 1.48. The van der Waals surface area contributed by atoms with Crippen LogP contribution in [0.1, 0.15) is 76.2 Å². The highest BCUT2D eigenvalue weighted by atomic mass is 35.5. The molecule has 1 aliphatic heterocycles. The molecular weight excluding hydrogens is 466 g/mol. The lowest BCUT2D eigenvalue weighted by Gasteiger charge is -2.33. The van der Waals surface area contributed by atoms with Crippen LogP contribution in [0.25, 0.3) is 0 Å². The van der Waals surface area contributed by atoms with Crippen molar-refractivity contribution in [1.82, 2.24) is 15.3 Å². The Labute approximate surface area is 211 Å². The molecule has 2 heterocycles. The molecule has 2 aliphatic rings. The van der Waals surface area contributed by atoms with Crippen LogP contribution in [0.2, 0.25) is 5.02 Å². The van der Waals surface area contributed by atoms with Gasteiger partial charge in [0, 0.05) is 17.1 Å². The molecule has 0 unspecified atom stereocenters. The third-order valence-corrected chi connectivity index (χ3v) is 7.13. The van der Waals surface area contributed by atoms with Crippen molar-refractivity contribution in [3.8, 4) is 5.88 Å². The fourth-order valence-corrected chi connectivity index (χ4v) is 5.16. The molecule has 1 fully saturated rings. The van der Waals surface area contributed by atoms with Crippen LogP contribution in [0.15, 0.2) is 23.2 Å². The first-order valence-electron chi connectivity index (χ1n) is 12.1. The zero-order chi connectivity index (χ0) is 25.5. The van der Waals surface area contributed by atoms with Gasteiger partial charge in [0.25, 0.3) is 5.91 Å². The quantitative estimate of drug-likeness (QED) is 0.557.